The van der Waals surface area contributed by atoms with Crippen molar-refractivity contribution < 1.29 is 34.0 Å². The molecule has 2 N–H and O–H groups in total. The van der Waals surface area contributed by atoms with Crippen molar-refractivity contribution >= 4 is 6.16 Å². The van der Waals surface area contributed by atoms with Crippen LogP contribution in [0.15, 0.2) is 24.3 Å². The van der Waals surface area contributed by atoms with Crippen molar-refractivity contribution in [3.63, 3.8) is 0 Å². The van der Waals surface area contributed by atoms with Gasteiger partial charge in [-0.05, 0) is 85.3 Å². The number of epoxide rings is 1. The zero-order valence-corrected chi connectivity index (χ0v) is 17.7. The lowest BCUT2D eigenvalue weighted by atomic mass is 9.96. The number of hydrogen-bond acceptors (Lipinski definition) is 6. The number of aliphatic hydroxyl groups excluding tert-OH is 1. The lowest BCUT2D eigenvalue weighted by Gasteiger charge is -2.18. The summed E-state index contributed by atoms with van der Waals surface area (Å²) >= 11 is 0. The number of benzene rings is 2. The van der Waals surface area contributed by atoms with Gasteiger partial charge in [-0.1, -0.05) is 0 Å². The molecule has 0 saturated carbocycles. The first-order valence-electron chi connectivity index (χ1n) is 9.88. The molecule has 2 aromatic rings. The van der Waals surface area contributed by atoms with Gasteiger partial charge in [-0.2, -0.15) is 0 Å². The number of carboxylic acid groups (broad SMARTS) is 1. The molecule has 0 bridgehead atoms. The Morgan fingerprint density at radius 2 is 1.43 bits per heavy atom. The van der Waals surface area contributed by atoms with Crippen molar-refractivity contribution in [3.05, 3.63) is 46.5 Å². The first kappa shape index (κ1) is 21.9. The first-order valence-corrected chi connectivity index (χ1v) is 9.88. The fourth-order valence-electron chi connectivity index (χ4n) is 3.42. The van der Waals surface area contributed by atoms with Crippen LogP contribution in [-0.4, -0.2) is 55.0 Å². The highest BCUT2D eigenvalue weighted by atomic mass is 16.7. The van der Waals surface area contributed by atoms with E-state index in [2.05, 4.69) is 16.9 Å². The molecule has 3 rings (SSSR count). The van der Waals surface area contributed by atoms with E-state index in [-0.39, 0.29) is 19.3 Å². The molecule has 0 aromatic heterocycles. The molecule has 0 amide bonds. The number of rotatable bonds is 9. The minimum absolute atomic E-state index is 0.0523. The average molecular weight is 416 g/mol. The highest BCUT2D eigenvalue weighted by molar-refractivity contribution is 5.70. The Morgan fingerprint density at radius 1 is 0.967 bits per heavy atom. The molecule has 0 radical (unpaired) electrons. The van der Waals surface area contributed by atoms with Crippen LogP contribution < -0.4 is 9.47 Å². The summed E-state index contributed by atoms with van der Waals surface area (Å²) in [5.41, 5.74) is 6.16. The molecule has 2 aromatic carbocycles. The van der Waals surface area contributed by atoms with Crippen LogP contribution in [0.1, 0.15) is 22.3 Å². The number of aryl methyl sites for hydroxylation is 4. The van der Waals surface area contributed by atoms with Crippen molar-refractivity contribution in [2.45, 2.75) is 39.9 Å². The monoisotopic (exact) mass is 416 g/mol. The SMILES string of the molecule is Cc1cc(-c2cc(C)c(OCC3CO3)c(C)c2)cc(C)c1OCC(O)COC(=O)O. The Kier molecular flexibility index (Phi) is 6.84. The van der Waals surface area contributed by atoms with E-state index >= 15 is 0 Å². The van der Waals surface area contributed by atoms with Gasteiger partial charge in [0.2, 0.25) is 0 Å². The second-order valence-electron chi connectivity index (χ2n) is 7.69. The van der Waals surface area contributed by atoms with Gasteiger partial charge in [-0.15, -0.1) is 0 Å². The Hall–Kier alpha value is -2.77. The number of ether oxygens (including phenoxy) is 4. The molecule has 162 valence electrons. The highest BCUT2D eigenvalue weighted by Gasteiger charge is 2.24. The molecule has 1 aliphatic heterocycles. The smallest absolute Gasteiger partial charge is 0.490 e. The molecule has 1 fully saturated rings. The molecular weight excluding hydrogens is 388 g/mol. The number of carbonyl (C=O) groups is 1. The Balaban J connectivity index is 1.73. The topological polar surface area (TPSA) is 97.8 Å². The number of hydrogen-bond donors (Lipinski definition) is 2. The highest BCUT2D eigenvalue weighted by Crippen LogP contribution is 2.34. The van der Waals surface area contributed by atoms with Crippen LogP contribution >= 0.6 is 0 Å². The van der Waals surface area contributed by atoms with E-state index in [4.69, 9.17) is 19.3 Å². The summed E-state index contributed by atoms with van der Waals surface area (Å²) in [5.74, 6) is 1.58. The lowest BCUT2D eigenvalue weighted by Crippen LogP contribution is -2.25. The van der Waals surface area contributed by atoms with Crippen molar-refractivity contribution in [2.24, 2.45) is 0 Å². The van der Waals surface area contributed by atoms with Gasteiger partial charge in [-0.3, -0.25) is 0 Å². The van der Waals surface area contributed by atoms with Gasteiger partial charge in [0.25, 0.3) is 0 Å². The van der Waals surface area contributed by atoms with E-state index in [1.54, 1.807) is 0 Å². The van der Waals surface area contributed by atoms with E-state index in [9.17, 15) is 9.90 Å². The van der Waals surface area contributed by atoms with Crippen molar-refractivity contribution in [1.29, 1.82) is 0 Å². The van der Waals surface area contributed by atoms with Crippen LogP contribution in [0.4, 0.5) is 4.79 Å². The van der Waals surface area contributed by atoms with Gasteiger partial charge < -0.3 is 29.2 Å². The maximum absolute atomic E-state index is 10.4. The van der Waals surface area contributed by atoms with E-state index in [0.717, 1.165) is 45.7 Å². The van der Waals surface area contributed by atoms with Gasteiger partial charge in [0.1, 0.15) is 43.5 Å². The third-order valence-electron chi connectivity index (χ3n) is 4.89. The van der Waals surface area contributed by atoms with Gasteiger partial charge >= 0.3 is 6.16 Å². The molecule has 1 saturated heterocycles. The molecule has 1 heterocycles. The zero-order valence-electron chi connectivity index (χ0n) is 17.7. The maximum Gasteiger partial charge on any atom is 0.505 e. The second kappa shape index (κ2) is 9.36. The molecule has 7 nitrogen and oxygen atoms in total. The third kappa shape index (κ3) is 5.64. The van der Waals surface area contributed by atoms with E-state index in [1.165, 1.54) is 0 Å². The Bertz CT molecular complexity index is 872. The molecule has 2 unspecified atom stereocenters. The largest absolute Gasteiger partial charge is 0.505 e. The summed E-state index contributed by atoms with van der Waals surface area (Å²) in [6.45, 7) is 8.93. The van der Waals surface area contributed by atoms with Crippen LogP contribution in [0.2, 0.25) is 0 Å². The predicted molar refractivity (Wildman–Crippen MR) is 112 cm³/mol. The summed E-state index contributed by atoms with van der Waals surface area (Å²) in [7, 11) is 0. The molecule has 7 heteroatoms. The molecule has 0 spiro atoms. The summed E-state index contributed by atoms with van der Waals surface area (Å²) in [4.78, 5) is 10.4. The first-order chi connectivity index (χ1) is 14.2. The predicted octanol–water partition coefficient (Wildman–Crippen LogP) is 3.80. The lowest BCUT2D eigenvalue weighted by molar-refractivity contribution is 0.0194. The summed E-state index contributed by atoms with van der Waals surface area (Å²) in [5, 5.41) is 18.3. The van der Waals surface area contributed by atoms with Crippen LogP contribution in [0.5, 0.6) is 11.5 Å². The Labute approximate surface area is 176 Å². The average Bonchev–Trinajstić information content (AvgIpc) is 3.49. The van der Waals surface area contributed by atoms with Gasteiger partial charge in [0, 0.05) is 0 Å². The minimum atomic E-state index is -1.42. The van der Waals surface area contributed by atoms with Gasteiger partial charge in [0.05, 0.1) is 6.61 Å². The summed E-state index contributed by atoms with van der Waals surface area (Å²) in [6, 6.07) is 8.29. The van der Waals surface area contributed by atoms with E-state index < -0.39 is 12.3 Å². The normalized spacial score (nSPS) is 16.1. The fraction of sp³-hybridized carbons (Fsp3) is 0.435. The number of aliphatic hydroxyl groups is 1. The van der Waals surface area contributed by atoms with Crippen molar-refractivity contribution in [3.8, 4) is 22.6 Å². The van der Waals surface area contributed by atoms with Crippen LogP contribution in [0, 0.1) is 27.7 Å². The van der Waals surface area contributed by atoms with Crippen LogP contribution in [0.25, 0.3) is 11.1 Å². The van der Waals surface area contributed by atoms with Gasteiger partial charge in [0.15, 0.2) is 0 Å². The van der Waals surface area contributed by atoms with E-state index in [1.807, 2.05) is 39.8 Å². The molecule has 2 atom stereocenters. The Morgan fingerprint density at radius 3 is 1.87 bits per heavy atom. The molecule has 30 heavy (non-hydrogen) atoms. The fourth-order valence-corrected chi connectivity index (χ4v) is 3.42. The molecule has 1 aliphatic rings. The van der Waals surface area contributed by atoms with E-state index in [0.29, 0.717) is 12.4 Å². The summed E-state index contributed by atoms with van der Waals surface area (Å²) < 4.78 is 21.2. The second-order valence-corrected chi connectivity index (χ2v) is 7.69. The molecular formula is C23H28O7. The van der Waals surface area contributed by atoms with Crippen molar-refractivity contribution in [2.75, 3.05) is 26.4 Å². The third-order valence-corrected chi connectivity index (χ3v) is 4.89. The zero-order chi connectivity index (χ0) is 21.8. The molecule has 0 aliphatic carbocycles. The maximum atomic E-state index is 10.4. The standard InChI is InChI=1S/C23H28O7/c1-13-5-17(6-14(2)21(13)28-9-19(24)10-30-23(25)26)18-7-15(3)22(16(4)8-18)29-12-20-11-27-20/h5-8,19-20,24H,9-12H2,1-4H3,(H,25,26). The van der Waals surface area contributed by atoms with Crippen LogP contribution in [0.3, 0.4) is 0 Å². The van der Waals surface area contributed by atoms with Gasteiger partial charge in [-0.25, -0.2) is 4.79 Å². The summed E-state index contributed by atoms with van der Waals surface area (Å²) in [6.07, 6.45) is -2.23. The minimum Gasteiger partial charge on any atom is -0.490 e. The quantitative estimate of drug-likeness (QED) is 0.474. The van der Waals surface area contributed by atoms with Crippen molar-refractivity contribution in [1.82, 2.24) is 0 Å². The van der Waals surface area contributed by atoms with Crippen LogP contribution in [-0.2, 0) is 9.47 Å².